The molecule has 0 unspecified atom stereocenters. The van der Waals surface area contributed by atoms with Crippen LogP contribution in [0.2, 0.25) is 0 Å². The van der Waals surface area contributed by atoms with Gasteiger partial charge in [-0.2, -0.15) is 4.98 Å². The van der Waals surface area contributed by atoms with Crippen LogP contribution in [0.25, 0.3) is 0 Å². The van der Waals surface area contributed by atoms with Crippen LogP contribution >= 0.6 is 0 Å². The summed E-state index contributed by atoms with van der Waals surface area (Å²) in [6, 6.07) is 1.04. The number of carboxylic acids is 1. The molecule has 0 fully saturated rings. The van der Waals surface area contributed by atoms with Crippen LogP contribution in [0.1, 0.15) is 10.5 Å². The van der Waals surface area contributed by atoms with E-state index in [4.69, 9.17) is 5.11 Å². The Kier molecular flexibility index (Phi) is 2.89. The van der Waals surface area contributed by atoms with E-state index >= 15 is 0 Å². The van der Waals surface area contributed by atoms with Crippen molar-refractivity contribution in [2.45, 2.75) is 5.16 Å². The highest BCUT2D eigenvalue weighted by Gasteiger charge is 2.17. The van der Waals surface area contributed by atoms with Gasteiger partial charge in [-0.15, -0.1) is 0 Å². The standard InChI is InChI=1S/C7H8N2O5S/c1-14-5-3-4(6(10)11)8-7(9-5)15(2,12)13/h3H,1-2H3,(H,10,11). The lowest BCUT2D eigenvalue weighted by Crippen LogP contribution is -2.10. The molecule has 1 rings (SSSR count). The van der Waals surface area contributed by atoms with Gasteiger partial charge in [0.25, 0.3) is 5.16 Å². The molecule has 0 aliphatic carbocycles. The summed E-state index contributed by atoms with van der Waals surface area (Å²) < 4.78 is 26.9. The Hall–Kier alpha value is -1.70. The zero-order valence-electron chi connectivity index (χ0n) is 7.96. The number of aromatic nitrogens is 2. The number of nitrogens with zero attached hydrogens (tertiary/aromatic N) is 2. The van der Waals surface area contributed by atoms with Crippen LogP contribution in [-0.2, 0) is 9.84 Å². The second-order valence-electron chi connectivity index (χ2n) is 2.66. The summed E-state index contributed by atoms with van der Waals surface area (Å²) in [6.07, 6.45) is 0.882. The molecule has 0 radical (unpaired) electrons. The van der Waals surface area contributed by atoms with Crippen LogP contribution in [0.4, 0.5) is 0 Å². The van der Waals surface area contributed by atoms with Crippen molar-refractivity contribution in [3.05, 3.63) is 11.8 Å². The highest BCUT2D eigenvalue weighted by Crippen LogP contribution is 2.12. The normalized spacial score (nSPS) is 11.1. The number of carboxylic acid groups (broad SMARTS) is 1. The van der Waals surface area contributed by atoms with E-state index in [1.165, 1.54) is 7.11 Å². The molecule has 0 saturated heterocycles. The van der Waals surface area contributed by atoms with Gasteiger partial charge < -0.3 is 9.84 Å². The first kappa shape index (κ1) is 11.4. The molecule has 15 heavy (non-hydrogen) atoms. The van der Waals surface area contributed by atoms with Gasteiger partial charge in [-0.1, -0.05) is 0 Å². The number of carbonyl (C=O) groups is 1. The van der Waals surface area contributed by atoms with Crippen LogP contribution in [-0.4, -0.2) is 42.8 Å². The lowest BCUT2D eigenvalue weighted by Gasteiger charge is -2.02. The Labute approximate surface area is 85.7 Å². The molecule has 1 aromatic heterocycles. The van der Waals surface area contributed by atoms with Gasteiger partial charge in [-0.05, 0) is 0 Å². The Balaban J connectivity index is 3.43. The van der Waals surface area contributed by atoms with Gasteiger partial charge in [0.05, 0.1) is 7.11 Å². The molecular formula is C7H8N2O5S. The summed E-state index contributed by atoms with van der Waals surface area (Å²) in [5.74, 6) is -1.46. The summed E-state index contributed by atoms with van der Waals surface area (Å²) in [5.41, 5.74) is -0.428. The molecule has 8 heteroatoms. The maximum Gasteiger partial charge on any atom is 0.354 e. The predicted molar refractivity (Wildman–Crippen MR) is 48.7 cm³/mol. The second kappa shape index (κ2) is 3.81. The molecule has 0 saturated carbocycles. The zero-order valence-corrected chi connectivity index (χ0v) is 8.78. The van der Waals surface area contributed by atoms with Crippen molar-refractivity contribution >= 4 is 15.8 Å². The van der Waals surface area contributed by atoms with E-state index in [1.807, 2.05) is 0 Å². The average Bonchev–Trinajstić information content (AvgIpc) is 2.15. The molecule has 0 bridgehead atoms. The SMILES string of the molecule is COc1cc(C(=O)O)nc(S(C)(=O)=O)n1. The van der Waals surface area contributed by atoms with E-state index in [0.717, 1.165) is 12.3 Å². The Morgan fingerprint density at radius 3 is 2.47 bits per heavy atom. The number of rotatable bonds is 3. The van der Waals surface area contributed by atoms with Gasteiger partial charge in [-0.25, -0.2) is 18.2 Å². The van der Waals surface area contributed by atoms with E-state index in [1.54, 1.807) is 0 Å². The predicted octanol–water partition coefficient (Wildman–Crippen LogP) is -0.413. The van der Waals surface area contributed by atoms with E-state index in [2.05, 4.69) is 14.7 Å². The molecule has 0 aliphatic heterocycles. The molecule has 0 aromatic carbocycles. The smallest absolute Gasteiger partial charge is 0.354 e. The maximum absolute atomic E-state index is 11.1. The fraction of sp³-hybridized carbons (Fsp3) is 0.286. The number of aromatic carboxylic acids is 1. The van der Waals surface area contributed by atoms with Gasteiger partial charge in [0.1, 0.15) is 0 Å². The van der Waals surface area contributed by atoms with Gasteiger partial charge in [0.2, 0.25) is 15.7 Å². The Bertz CT molecular complexity index is 496. The number of hydrogen-bond acceptors (Lipinski definition) is 6. The van der Waals surface area contributed by atoms with Crippen molar-refractivity contribution in [1.29, 1.82) is 0 Å². The Morgan fingerprint density at radius 2 is 2.07 bits per heavy atom. The van der Waals surface area contributed by atoms with Gasteiger partial charge in [0, 0.05) is 12.3 Å². The quantitative estimate of drug-likeness (QED) is 0.705. The first-order valence-corrected chi connectivity index (χ1v) is 5.60. The van der Waals surface area contributed by atoms with Crippen molar-refractivity contribution in [2.75, 3.05) is 13.4 Å². The van der Waals surface area contributed by atoms with Crippen LogP contribution in [0.15, 0.2) is 11.2 Å². The van der Waals surface area contributed by atoms with Gasteiger partial charge in [-0.3, -0.25) is 0 Å². The molecule has 1 N–H and O–H groups in total. The highest BCUT2D eigenvalue weighted by atomic mass is 32.2. The third-order valence-electron chi connectivity index (χ3n) is 1.44. The van der Waals surface area contributed by atoms with Crippen molar-refractivity contribution in [2.24, 2.45) is 0 Å². The summed E-state index contributed by atoms with van der Waals surface area (Å²) in [4.78, 5) is 17.5. The van der Waals surface area contributed by atoms with Gasteiger partial charge in [0.15, 0.2) is 5.69 Å². The molecule has 82 valence electrons. The van der Waals surface area contributed by atoms with Crippen LogP contribution in [0.5, 0.6) is 5.88 Å². The zero-order chi connectivity index (χ0) is 11.6. The second-order valence-corrected chi connectivity index (χ2v) is 4.56. The van der Waals surface area contributed by atoms with Crippen molar-refractivity contribution in [1.82, 2.24) is 9.97 Å². The minimum atomic E-state index is -3.66. The van der Waals surface area contributed by atoms with E-state index in [9.17, 15) is 13.2 Å². The summed E-state index contributed by atoms with van der Waals surface area (Å²) in [6.45, 7) is 0. The fourth-order valence-corrected chi connectivity index (χ4v) is 1.30. The van der Waals surface area contributed by atoms with Crippen molar-refractivity contribution in [3.63, 3.8) is 0 Å². The maximum atomic E-state index is 11.1. The fourth-order valence-electron chi connectivity index (χ4n) is 0.784. The lowest BCUT2D eigenvalue weighted by molar-refractivity contribution is 0.0688. The first-order valence-electron chi connectivity index (χ1n) is 3.71. The van der Waals surface area contributed by atoms with Crippen LogP contribution in [0, 0.1) is 0 Å². The summed E-state index contributed by atoms with van der Waals surface area (Å²) in [5, 5.41) is 8.08. The number of methoxy groups -OCH3 is 1. The summed E-state index contributed by atoms with van der Waals surface area (Å²) >= 11 is 0. The third kappa shape index (κ3) is 2.62. The molecular weight excluding hydrogens is 224 g/mol. The molecule has 1 aromatic rings. The number of ether oxygens (including phenoxy) is 1. The molecule has 7 nitrogen and oxygen atoms in total. The monoisotopic (exact) mass is 232 g/mol. The van der Waals surface area contributed by atoms with Crippen LogP contribution in [0.3, 0.4) is 0 Å². The number of sulfone groups is 1. The van der Waals surface area contributed by atoms with Crippen molar-refractivity contribution in [3.8, 4) is 5.88 Å². The molecule has 0 amide bonds. The molecule has 0 spiro atoms. The molecule has 0 aliphatic rings. The summed E-state index contributed by atoms with van der Waals surface area (Å²) in [7, 11) is -2.41. The minimum Gasteiger partial charge on any atom is -0.481 e. The molecule has 0 atom stereocenters. The highest BCUT2D eigenvalue weighted by molar-refractivity contribution is 7.90. The van der Waals surface area contributed by atoms with Crippen LogP contribution < -0.4 is 4.74 Å². The topological polar surface area (TPSA) is 106 Å². The van der Waals surface area contributed by atoms with E-state index in [-0.39, 0.29) is 5.88 Å². The number of hydrogen-bond donors (Lipinski definition) is 1. The molecule has 1 heterocycles. The average molecular weight is 232 g/mol. The van der Waals surface area contributed by atoms with E-state index in [0.29, 0.717) is 0 Å². The van der Waals surface area contributed by atoms with Gasteiger partial charge >= 0.3 is 5.97 Å². The third-order valence-corrected chi connectivity index (χ3v) is 2.29. The van der Waals surface area contributed by atoms with Crippen molar-refractivity contribution < 1.29 is 23.1 Å². The lowest BCUT2D eigenvalue weighted by atomic mass is 10.4. The first-order chi connectivity index (χ1) is 6.84. The minimum absolute atomic E-state index is 0.108. The largest absolute Gasteiger partial charge is 0.481 e. The van der Waals surface area contributed by atoms with E-state index < -0.39 is 26.7 Å². The Morgan fingerprint density at radius 1 is 1.47 bits per heavy atom.